The molecule has 4 nitrogen and oxygen atoms in total. The lowest BCUT2D eigenvalue weighted by atomic mass is 9.95. The number of nitrogens with zero attached hydrogens (tertiary/aromatic N) is 2. The quantitative estimate of drug-likeness (QED) is 0.924. The van der Waals surface area contributed by atoms with E-state index in [0.29, 0.717) is 0 Å². The Morgan fingerprint density at radius 3 is 2.59 bits per heavy atom. The van der Waals surface area contributed by atoms with Gasteiger partial charge in [-0.3, -0.25) is 4.90 Å². The second-order valence-electron chi connectivity index (χ2n) is 6.23. The smallest absolute Gasteiger partial charge is 0.148 e. The Kier molecular flexibility index (Phi) is 5.16. The van der Waals surface area contributed by atoms with Crippen molar-refractivity contribution in [2.75, 3.05) is 63.2 Å². The molecule has 2 aliphatic heterocycles. The fraction of sp³-hybridized carbons (Fsp3) is 0.647. The zero-order valence-electron chi connectivity index (χ0n) is 13.4. The fourth-order valence-corrected chi connectivity index (χ4v) is 3.53. The van der Waals surface area contributed by atoms with E-state index in [9.17, 15) is 4.39 Å². The third kappa shape index (κ3) is 3.52. The minimum atomic E-state index is -0.126. The van der Waals surface area contributed by atoms with Crippen LogP contribution in [0.1, 0.15) is 12.8 Å². The third-order valence-electron chi connectivity index (χ3n) is 4.81. The van der Waals surface area contributed by atoms with Gasteiger partial charge in [0.05, 0.1) is 24.6 Å². The van der Waals surface area contributed by atoms with Crippen molar-refractivity contribution in [2.24, 2.45) is 5.92 Å². The lowest BCUT2D eigenvalue weighted by Gasteiger charge is -2.37. The summed E-state index contributed by atoms with van der Waals surface area (Å²) >= 11 is 0. The standard InChI is InChI=1S/C17H26FN3O/c1-19-16-4-2-3-15(18)17(16)21-7-5-14(6-8-21)13-20-9-11-22-12-10-20/h2-4,14,19H,5-13H2,1H3. The summed E-state index contributed by atoms with van der Waals surface area (Å²) < 4.78 is 19.6. The van der Waals surface area contributed by atoms with Crippen LogP contribution in [0, 0.1) is 11.7 Å². The van der Waals surface area contributed by atoms with E-state index in [1.807, 2.05) is 13.1 Å². The van der Waals surface area contributed by atoms with Gasteiger partial charge in [0.15, 0.2) is 0 Å². The van der Waals surface area contributed by atoms with E-state index in [1.165, 1.54) is 0 Å². The second kappa shape index (κ2) is 7.29. The summed E-state index contributed by atoms with van der Waals surface area (Å²) in [5.41, 5.74) is 1.61. The van der Waals surface area contributed by atoms with Crippen molar-refractivity contribution in [3.63, 3.8) is 0 Å². The first kappa shape index (κ1) is 15.6. The molecule has 1 aromatic carbocycles. The lowest BCUT2D eigenvalue weighted by molar-refractivity contribution is 0.0289. The van der Waals surface area contributed by atoms with Crippen LogP contribution in [0.5, 0.6) is 0 Å². The van der Waals surface area contributed by atoms with Gasteiger partial charge in [-0.25, -0.2) is 4.39 Å². The molecule has 0 aliphatic carbocycles. The largest absolute Gasteiger partial charge is 0.386 e. The number of nitrogens with one attached hydrogen (secondary N) is 1. The average molecular weight is 307 g/mol. The van der Waals surface area contributed by atoms with Gasteiger partial charge in [-0.15, -0.1) is 0 Å². The minimum absolute atomic E-state index is 0.126. The van der Waals surface area contributed by atoms with Crippen LogP contribution >= 0.6 is 0 Å². The molecule has 0 atom stereocenters. The fourth-order valence-electron chi connectivity index (χ4n) is 3.53. The molecule has 2 heterocycles. The topological polar surface area (TPSA) is 27.7 Å². The number of rotatable bonds is 4. The highest BCUT2D eigenvalue weighted by atomic mass is 19.1. The lowest BCUT2D eigenvalue weighted by Crippen LogP contribution is -2.43. The molecule has 1 N–H and O–H groups in total. The van der Waals surface area contributed by atoms with Gasteiger partial charge in [0, 0.05) is 39.8 Å². The highest BCUT2D eigenvalue weighted by Crippen LogP contribution is 2.32. The molecular formula is C17H26FN3O. The predicted molar refractivity (Wildman–Crippen MR) is 88.1 cm³/mol. The molecule has 2 fully saturated rings. The molecule has 5 heteroatoms. The van der Waals surface area contributed by atoms with Crippen molar-refractivity contribution in [3.05, 3.63) is 24.0 Å². The van der Waals surface area contributed by atoms with Crippen LogP contribution in [0.15, 0.2) is 18.2 Å². The summed E-state index contributed by atoms with van der Waals surface area (Å²) in [4.78, 5) is 4.70. The molecule has 0 bridgehead atoms. The van der Waals surface area contributed by atoms with Crippen LogP contribution in [0.4, 0.5) is 15.8 Å². The van der Waals surface area contributed by atoms with Gasteiger partial charge in [-0.1, -0.05) is 6.07 Å². The number of para-hydroxylation sites is 1. The monoisotopic (exact) mass is 307 g/mol. The molecule has 1 aromatic rings. The molecule has 3 rings (SSSR count). The Balaban J connectivity index is 1.57. The van der Waals surface area contributed by atoms with Gasteiger partial charge in [0.2, 0.25) is 0 Å². The van der Waals surface area contributed by atoms with E-state index in [1.54, 1.807) is 12.1 Å². The van der Waals surface area contributed by atoms with E-state index in [4.69, 9.17) is 4.74 Å². The zero-order valence-corrected chi connectivity index (χ0v) is 13.4. The Morgan fingerprint density at radius 1 is 1.18 bits per heavy atom. The summed E-state index contributed by atoms with van der Waals surface area (Å²) in [7, 11) is 1.85. The normalized spacial score (nSPS) is 21.1. The molecular weight excluding hydrogens is 281 g/mol. The maximum atomic E-state index is 14.2. The molecule has 2 aliphatic rings. The Morgan fingerprint density at radius 2 is 1.91 bits per heavy atom. The summed E-state index contributed by atoms with van der Waals surface area (Å²) in [5.74, 6) is 0.595. The molecule has 0 radical (unpaired) electrons. The average Bonchev–Trinajstić information content (AvgIpc) is 2.56. The van der Waals surface area contributed by atoms with Crippen molar-refractivity contribution < 1.29 is 9.13 Å². The SMILES string of the molecule is CNc1cccc(F)c1N1CCC(CN2CCOCC2)CC1. The maximum absolute atomic E-state index is 14.2. The van der Waals surface area contributed by atoms with Crippen LogP contribution in [0.25, 0.3) is 0 Å². The highest BCUT2D eigenvalue weighted by molar-refractivity contribution is 5.70. The van der Waals surface area contributed by atoms with Crippen LogP contribution in [0.2, 0.25) is 0 Å². The Bertz CT molecular complexity index is 483. The second-order valence-corrected chi connectivity index (χ2v) is 6.23. The number of halogens is 1. The number of hydrogen-bond donors (Lipinski definition) is 1. The van der Waals surface area contributed by atoms with Gasteiger partial charge in [-0.2, -0.15) is 0 Å². The summed E-state index contributed by atoms with van der Waals surface area (Å²) in [6.45, 7) is 6.86. The number of piperidine rings is 1. The minimum Gasteiger partial charge on any atom is -0.386 e. The number of benzene rings is 1. The van der Waals surface area contributed by atoms with Crippen LogP contribution in [0.3, 0.4) is 0 Å². The molecule has 2 saturated heterocycles. The van der Waals surface area contributed by atoms with Crippen molar-refractivity contribution in [1.82, 2.24) is 4.90 Å². The van der Waals surface area contributed by atoms with E-state index < -0.39 is 0 Å². The first-order valence-corrected chi connectivity index (χ1v) is 8.29. The van der Waals surface area contributed by atoms with Crippen molar-refractivity contribution in [3.8, 4) is 0 Å². The molecule has 122 valence electrons. The number of ether oxygens (including phenoxy) is 1. The van der Waals surface area contributed by atoms with E-state index in [2.05, 4.69) is 15.1 Å². The van der Waals surface area contributed by atoms with E-state index in [0.717, 1.165) is 76.1 Å². The Hall–Kier alpha value is -1.33. The Labute approximate surface area is 132 Å². The van der Waals surface area contributed by atoms with Crippen molar-refractivity contribution in [2.45, 2.75) is 12.8 Å². The van der Waals surface area contributed by atoms with E-state index in [-0.39, 0.29) is 5.82 Å². The summed E-state index contributed by atoms with van der Waals surface area (Å²) in [6.07, 6.45) is 2.27. The number of anilines is 2. The molecule has 0 spiro atoms. The van der Waals surface area contributed by atoms with Crippen molar-refractivity contribution >= 4 is 11.4 Å². The van der Waals surface area contributed by atoms with E-state index >= 15 is 0 Å². The summed E-state index contributed by atoms with van der Waals surface area (Å²) in [6, 6.07) is 5.25. The maximum Gasteiger partial charge on any atom is 0.148 e. The molecule has 0 amide bonds. The number of hydrogen-bond acceptors (Lipinski definition) is 4. The summed E-state index contributed by atoms with van der Waals surface area (Å²) in [5, 5.41) is 3.11. The van der Waals surface area contributed by atoms with Gasteiger partial charge < -0.3 is 15.0 Å². The highest BCUT2D eigenvalue weighted by Gasteiger charge is 2.25. The molecule has 0 aromatic heterocycles. The van der Waals surface area contributed by atoms with Gasteiger partial charge >= 0.3 is 0 Å². The number of morpholine rings is 1. The van der Waals surface area contributed by atoms with Gasteiger partial charge in [0.25, 0.3) is 0 Å². The molecule has 0 saturated carbocycles. The first-order chi connectivity index (χ1) is 10.8. The molecule has 22 heavy (non-hydrogen) atoms. The first-order valence-electron chi connectivity index (χ1n) is 8.29. The van der Waals surface area contributed by atoms with Gasteiger partial charge in [-0.05, 0) is 30.9 Å². The van der Waals surface area contributed by atoms with Crippen molar-refractivity contribution in [1.29, 1.82) is 0 Å². The predicted octanol–water partition coefficient (Wildman–Crippen LogP) is 2.42. The zero-order chi connectivity index (χ0) is 15.4. The van der Waals surface area contributed by atoms with Gasteiger partial charge in [0.1, 0.15) is 5.82 Å². The molecule has 0 unspecified atom stereocenters. The van der Waals surface area contributed by atoms with Crippen LogP contribution in [-0.4, -0.2) is 57.9 Å². The third-order valence-corrected chi connectivity index (χ3v) is 4.81. The van der Waals surface area contributed by atoms with Crippen LogP contribution in [-0.2, 0) is 4.74 Å². The van der Waals surface area contributed by atoms with Crippen LogP contribution < -0.4 is 10.2 Å².